The number of rotatable bonds is 3. The number of nitro groups is 1. The number of carbonyl (C=O) groups is 1. The van der Waals surface area contributed by atoms with Gasteiger partial charge in [-0.1, -0.05) is 11.3 Å². The van der Waals surface area contributed by atoms with Crippen LogP contribution >= 0.6 is 11.3 Å². The first-order chi connectivity index (χ1) is 11.6. The molecule has 9 heteroatoms. The number of H-pyrrole nitrogens is 1. The molecule has 3 aromatic rings. The molecule has 2 N–H and O–H groups in total. The van der Waals surface area contributed by atoms with Crippen molar-refractivity contribution < 1.29 is 9.72 Å². The molecule has 0 aliphatic heterocycles. The molecule has 1 aromatic carbocycles. The van der Waals surface area contributed by atoms with E-state index in [-0.39, 0.29) is 17.5 Å². The Kier molecular flexibility index (Phi) is 3.49. The Balaban J connectivity index is 1.51. The van der Waals surface area contributed by atoms with Crippen molar-refractivity contribution in [1.82, 2.24) is 15.0 Å². The van der Waals surface area contributed by atoms with Crippen molar-refractivity contribution in [2.24, 2.45) is 5.92 Å². The number of benzene rings is 1. The molecule has 1 aliphatic rings. The average molecular weight is 343 g/mol. The van der Waals surface area contributed by atoms with Crippen LogP contribution in [0, 0.1) is 16.0 Å². The van der Waals surface area contributed by atoms with E-state index >= 15 is 0 Å². The van der Waals surface area contributed by atoms with Crippen LogP contribution in [0.5, 0.6) is 0 Å². The Morgan fingerprint density at radius 3 is 3.17 bits per heavy atom. The number of imidazole rings is 1. The van der Waals surface area contributed by atoms with Crippen LogP contribution in [0.3, 0.4) is 0 Å². The van der Waals surface area contributed by atoms with Gasteiger partial charge in [-0.25, -0.2) is 9.97 Å². The number of nitrogens with one attached hydrogen (secondary N) is 2. The summed E-state index contributed by atoms with van der Waals surface area (Å²) in [7, 11) is 0. The van der Waals surface area contributed by atoms with E-state index in [4.69, 9.17) is 0 Å². The number of amides is 1. The quantitative estimate of drug-likeness (QED) is 0.560. The number of carbonyl (C=O) groups excluding carboxylic acids is 1. The largest absolute Gasteiger partial charge is 0.348 e. The summed E-state index contributed by atoms with van der Waals surface area (Å²) in [5.74, 6) is -0.205. The number of fused-ring (bicyclic) bond motifs is 2. The maximum Gasteiger partial charge on any atom is 0.270 e. The molecule has 122 valence electrons. The topological polar surface area (TPSA) is 114 Å². The third-order valence-corrected chi connectivity index (χ3v) is 5.11. The molecule has 1 atom stereocenters. The van der Waals surface area contributed by atoms with Gasteiger partial charge >= 0.3 is 0 Å². The van der Waals surface area contributed by atoms with Crippen LogP contribution < -0.4 is 5.32 Å². The lowest BCUT2D eigenvalue weighted by atomic mass is 9.89. The smallest absolute Gasteiger partial charge is 0.270 e. The van der Waals surface area contributed by atoms with Gasteiger partial charge in [-0.15, -0.1) is 0 Å². The highest BCUT2D eigenvalue weighted by Gasteiger charge is 2.26. The second kappa shape index (κ2) is 5.68. The molecule has 8 nitrogen and oxygen atoms in total. The van der Waals surface area contributed by atoms with Crippen LogP contribution in [0.4, 0.5) is 10.8 Å². The van der Waals surface area contributed by atoms with E-state index in [1.807, 2.05) is 0 Å². The van der Waals surface area contributed by atoms with Crippen LogP contribution in [-0.2, 0) is 17.6 Å². The van der Waals surface area contributed by atoms with Gasteiger partial charge in [0.1, 0.15) is 0 Å². The first kappa shape index (κ1) is 14.8. The lowest BCUT2D eigenvalue weighted by Crippen LogP contribution is -2.28. The Labute approximate surface area is 140 Å². The normalized spacial score (nSPS) is 16.8. The number of nitro benzene ring substituents is 1. The van der Waals surface area contributed by atoms with E-state index in [2.05, 4.69) is 20.3 Å². The van der Waals surface area contributed by atoms with E-state index in [0.29, 0.717) is 21.8 Å². The number of hydrogen-bond acceptors (Lipinski definition) is 6. The number of aryl methyl sites for hydroxylation is 1. The van der Waals surface area contributed by atoms with E-state index < -0.39 is 4.92 Å². The molecule has 0 saturated heterocycles. The highest BCUT2D eigenvalue weighted by Crippen LogP contribution is 2.30. The van der Waals surface area contributed by atoms with Crippen LogP contribution in [0.1, 0.15) is 17.8 Å². The molecule has 4 rings (SSSR count). The fourth-order valence-corrected chi connectivity index (χ4v) is 3.81. The summed E-state index contributed by atoms with van der Waals surface area (Å²) in [6.45, 7) is 0. The summed E-state index contributed by atoms with van der Waals surface area (Å²) in [6, 6.07) is 4.48. The molecule has 1 amide bonds. The number of hydrogen-bond donors (Lipinski definition) is 2. The summed E-state index contributed by atoms with van der Waals surface area (Å²) in [5, 5.41) is 14.1. The first-order valence-corrected chi connectivity index (χ1v) is 8.29. The minimum atomic E-state index is -0.443. The van der Waals surface area contributed by atoms with Gasteiger partial charge in [-0.05, 0) is 18.9 Å². The number of aromatic amines is 1. The number of thiazole rings is 1. The zero-order valence-corrected chi connectivity index (χ0v) is 13.3. The molecule has 0 spiro atoms. The molecule has 0 bridgehead atoms. The lowest BCUT2D eigenvalue weighted by molar-refractivity contribution is -0.384. The van der Waals surface area contributed by atoms with Gasteiger partial charge in [0.25, 0.3) is 5.69 Å². The molecule has 0 radical (unpaired) electrons. The fraction of sp³-hybridized carbons (Fsp3) is 0.267. The van der Waals surface area contributed by atoms with Crippen molar-refractivity contribution in [1.29, 1.82) is 0 Å². The van der Waals surface area contributed by atoms with E-state index in [1.165, 1.54) is 23.5 Å². The van der Waals surface area contributed by atoms with Gasteiger partial charge in [-0.2, -0.15) is 0 Å². The van der Waals surface area contributed by atoms with Crippen molar-refractivity contribution in [2.45, 2.75) is 19.3 Å². The molecular weight excluding hydrogens is 330 g/mol. The molecule has 0 fully saturated rings. The fourth-order valence-electron chi connectivity index (χ4n) is 2.91. The maximum atomic E-state index is 12.5. The zero-order chi connectivity index (χ0) is 16.7. The van der Waals surface area contributed by atoms with Crippen molar-refractivity contribution in [3.63, 3.8) is 0 Å². The molecule has 1 unspecified atom stereocenters. The van der Waals surface area contributed by atoms with Crippen LogP contribution in [-0.4, -0.2) is 25.8 Å². The summed E-state index contributed by atoms with van der Waals surface area (Å²) in [4.78, 5) is 34.5. The van der Waals surface area contributed by atoms with E-state index in [0.717, 1.165) is 24.2 Å². The van der Waals surface area contributed by atoms with Crippen molar-refractivity contribution in [3.8, 4) is 0 Å². The van der Waals surface area contributed by atoms with Crippen molar-refractivity contribution >= 4 is 38.3 Å². The standard InChI is InChI=1S/C15H13N5O3S/c21-14(8-1-3-10-12(5-8)17-7-16-10)19-15-18-11-4-2-9(20(22)23)6-13(11)24-15/h2,4,6-8H,1,3,5H2,(H,16,17)(H,18,19,21). The van der Waals surface area contributed by atoms with E-state index in [1.54, 1.807) is 12.4 Å². The maximum absolute atomic E-state index is 12.5. The SMILES string of the molecule is O=C(Nc1nc2ccc([N+](=O)[O-])cc2s1)C1CCc2nc[nH]c2C1. The molecule has 1 aliphatic carbocycles. The molecule has 2 aromatic heterocycles. The average Bonchev–Trinajstić information content (AvgIpc) is 3.18. The van der Waals surface area contributed by atoms with Gasteiger partial charge in [0.15, 0.2) is 5.13 Å². The van der Waals surface area contributed by atoms with Gasteiger partial charge in [0.2, 0.25) is 5.91 Å². The van der Waals surface area contributed by atoms with Crippen molar-refractivity contribution in [3.05, 3.63) is 46.0 Å². The predicted octanol–water partition coefficient (Wildman–Crippen LogP) is 2.67. The van der Waals surface area contributed by atoms with Crippen LogP contribution in [0.2, 0.25) is 0 Å². The first-order valence-electron chi connectivity index (χ1n) is 7.47. The summed E-state index contributed by atoms with van der Waals surface area (Å²) in [5.41, 5.74) is 2.70. The Hall–Kier alpha value is -2.81. The second-order valence-electron chi connectivity index (χ2n) is 5.68. The number of non-ortho nitro benzene ring substituents is 1. The molecular formula is C15H13N5O3S. The molecule has 2 heterocycles. The summed E-state index contributed by atoms with van der Waals surface area (Å²) >= 11 is 1.24. The van der Waals surface area contributed by atoms with Gasteiger partial charge in [0, 0.05) is 30.2 Å². The van der Waals surface area contributed by atoms with Crippen LogP contribution in [0.25, 0.3) is 10.2 Å². The predicted molar refractivity (Wildman–Crippen MR) is 89.0 cm³/mol. The lowest BCUT2D eigenvalue weighted by Gasteiger charge is -2.19. The van der Waals surface area contributed by atoms with Gasteiger partial charge < -0.3 is 10.3 Å². The number of anilines is 1. The summed E-state index contributed by atoms with van der Waals surface area (Å²) in [6.07, 6.45) is 3.83. The third kappa shape index (κ3) is 2.62. The highest BCUT2D eigenvalue weighted by molar-refractivity contribution is 7.22. The van der Waals surface area contributed by atoms with Crippen LogP contribution in [0.15, 0.2) is 24.5 Å². The number of nitrogens with zero attached hydrogens (tertiary/aromatic N) is 3. The highest BCUT2D eigenvalue weighted by atomic mass is 32.1. The Morgan fingerprint density at radius 1 is 1.46 bits per heavy atom. The minimum absolute atomic E-state index is 0.0167. The van der Waals surface area contributed by atoms with Crippen molar-refractivity contribution in [2.75, 3.05) is 5.32 Å². The minimum Gasteiger partial charge on any atom is -0.348 e. The van der Waals surface area contributed by atoms with E-state index in [9.17, 15) is 14.9 Å². The Bertz CT molecular complexity index is 948. The van der Waals surface area contributed by atoms with Gasteiger partial charge in [-0.3, -0.25) is 14.9 Å². The van der Waals surface area contributed by atoms with Gasteiger partial charge in [0.05, 0.1) is 27.2 Å². The number of aromatic nitrogens is 3. The molecule has 24 heavy (non-hydrogen) atoms. The summed E-state index contributed by atoms with van der Waals surface area (Å²) < 4.78 is 0.680. The third-order valence-electron chi connectivity index (χ3n) is 4.17. The Morgan fingerprint density at radius 2 is 2.33 bits per heavy atom. The second-order valence-corrected chi connectivity index (χ2v) is 6.72. The zero-order valence-electron chi connectivity index (χ0n) is 12.5. The molecule has 0 saturated carbocycles. The monoisotopic (exact) mass is 343 g/mol.